The van der Waals surface area contributed by atoms with Gasteiger partial charge in [0.05, 0.1) is 11.3 Å². The first-order chi connectivity index (χ1) is 13.8. The molecule has 1 aliphatic heterocycles. The number of fused-ring (bicyclic) bond motifs is 1. The third-order valence-electron chi connectivity index (χ3n) is 5.09. The molecule has 1 atom stereocenters. The Balaban J connectivity index is 1.76. The van der Waals surface area contributed by atoms with Crippen molar-refractivity contribution in [3.8, 4) is 11.4 Å². The predicted octanol–water partition coefficient (Wildman–Crippen LogP) is 3.86. The summed E-state index contributed by atoms with van der Waals surface area (Å²) in [5, 5.41) is 10.7. The van der Waals surface area contributed by atoms with Crippen molar-refractivity contribution in [2.45, 2.75) is 32.5 Å². The van der Waals surface area contributed by atoms with Crippen molar-refractivity contribution in [2.75, 3.05) is 24.5 Å². The lowest BCUT2D eigenvalue weighted by Gasteiger charge is -2.35. The first-order valence-electron chi connectivity index (χ1n) is 9.69. The summed E-state index contributed by atoms with van der Waals surface area (Å²) in [6.07, 6.45) is -1.97. The molecule has 3 aromatic rings. The van der Waals surface area contributed by atoms with Crippen molar-refractivity contribution in [1.29, 1.82) is 0 Å². The molecule has 4 heterocycles. The molecule has 0 saturated carbocycles. The number of anilines is 1. The molecule has 0 unspecified atom stereocenters. The summed E-state index contributed by atoms with van der Waals surface area (Å²) < 4.78 is 41.1. The Morgan fingerprint density at radius 2 is 2.07 bits per heavy atom. The number of aromatic amines is 1. The number of rotatable bonds is 4. The van der Waals surface area contributed by atoms with Gasteiger partial charge in [0.15, 0.2) is 5.65 Å². The zero-order chi connectivity index (χ0) is 20.6. The van der Waals surface area contributed by atoms with E-state index in [1.165, 1.54) is 6.07 Å². The lowest BCUT2D eigenvalue weighted by molar-refractivity contribution is -0.137. The molecule has 0 spiro atoms. The number of hydrogen-bond donors (Lipinski definition) is 2. The van der Waals surface area contributed by atoms with Gasteiger partial charge in [-0.2, -0.15) is 18.3 Å². The molecule has 0 amide bonds. The topological polar surface area (TPSA) is 69.7 Å². The van der Waals surface area contributed by atoms with E-state index in [0.29, 0.717) is 35.9 Å². The van der Waals surface area contributed by atoms with Crippen LogP contribution in [0.25, 0.3) is 22.4 Å². The van der Waals surface area contributed by atoms with E-state index in [1.807, 2.05) is 4.90 Å². The molecule has 1 fully saturated rings. The van der Waals surface area contributed by atoms with Crippen molar-refractivity contribution in [3.05, 3.63) is 36.0 Å². The first kappa shape index (κ1) is 19.6. The van der Waals surface area contributed by atoms with Crippen LogP contribution in [-0.2, 0) is 6.18 Å². The van der Waals surface area contributed by atoms with Gasteiger partial charge in [0.2, 0.25) is 0 Å². The van der Waals surface area contributed by atoms with E-state index in [9.17, 15) is 13.2 Å². The second kappa shape index (κ2) is 7.62. The van der Waals surface area contributed by atoms with Gasteiger partial charge in [-0.25, -0.2) is 9.97 Å². The molecular weight excluding hydrogens is 381 g/mol. The number of nitrogens with zero attached hydrogens (tertiary/aromatic N) is 4. The number of alkyl halides is 3. The zero-order valence-electron chi connectivity index (χ0n) is 16.3. The fourth-order valence-corrected chi connectivity index (χ4v) is 3.84. The highest BCUT2D eigenvalue weighted by atomic mass is 19.4. The summed E-state index contributed by atoms with van der Waals surface area (Å²) in [5.74, 6) is 1.07. The van der Waals surface area contributed by atoms with E-state index in [2.05, 4.69) is 39.3 Å². The molecule has 154 valence electrons. The average molecular weight is 404 g/mol. The third-order valence-corrected chi connectivity index (χ3v) is 5.09. The molecule has 3 aromatic heterocycles. The van der Waals surface area contributed by atoms with Crippen LogP contribution >= 0.6 is 0 Å². The molecule has 1 saturated heterocycles. The van der Waals surface area contributed by atoms with Crippen LogP contribution in [0, 0.1) is 5.92 Å². The van der Waals surface area contributed by atoms with Gasteiger partial charge in [0.25, 0.3) is 0 Å². The van der Waals surface area contributed by atoms with E-state index >= 15 is 0 Å². The highest BCUT2D eigenvalue weighted by Crippen LogP contribution is 2.38. The largest absolute Gasteiger partial charge is 0.418 e. The molecule has 4 rings (SSSR count). The number of halogens is 3. The van der Waals surface area contributed by atoms with Gasteiger partial charge >= 0.3 is 6.18 Å². The molecular formula is C20H23F3N6. The minimum atomic E-state index is -4.52. The summed E-state index contributed by atoms with van der Waals surface area (Å²) in [6.45, 7) is 6.49. The van der Waals surface area contributed by atoms with Crippen LogP contribution < -0.4 is 10.2 Å². The van der Waals surface area contributed by atoms with Crippen LogP contribution in [0.5, 0.6) is 0 Å². The van der Waals surface area contributed by atoms with Gasteiger partial charge in [-0.1, -0.05) is 13.8 Å². The molecule has 0 aromatic carbocycles. The van der Waals surface area contributed by atoms with Gasteiger partial charge in [-0.3, -0.25) is 5.10 Å². The van der Waals surface area contributed by atoms with Crippen molar-refractivity contribution in [3.63, 3.8) is 0 Å². The quantitative estimate of drug-likeness (QED) is 0.691. The highest BCUT2D eigenvalue weighted by Gasteiger charge is 2.36. The maximum absolute atomic E-state index is 13.7. The second-order valence-corrected chi connectivity index (χ2v) is 7.76. The molecule has 1 aliphatic rings. The van der Waals surface area contributed by atoms with Crippen LogP contribution in [0.4, 0.5) is 19.0 Å². The predicted molar refractivity (Wildman–Crippen MR) is 106 cm³/mol. The van der Waals surface area contributed by atoms with Crippen molar-refractivity contribution < 1.29 is 13.2 Å². The second-order valence-electron chi connectivity index (χ2n) is 7.76. The maximum atomic E-state index is 13.7. The van der Waals surface area contributed by atoms with Gasteiger partial charge in [-0.15, -0.1) is 0 Å². The van der Waals surface area contributed by atoms with Crippen LogP contribution in [-0.4, -0.2) is 45.8 Å². The van der Waals surface area contributed by atoms with E-state index in [-0.39, 0.29) is 17.4 Å². The zero-order valence-corrected chi connectivity index (χ0v) is 16.3. The van der Waals surface area contributed by atoms with Crippen LogP contribution in [0.15, 0.2) is 30.5 Å². The highest BCUT2D eigenvalue weighted by molar-refractivity contribution is 5.90. The third kappa shape index (κ3) is 4.05. The SMILES string of the molecule is CC(C)C[C@@H]1CN(c2ccc(C(F)(F)F)c(-c3[nH]nc4ncccc34)n2)CCN1. The first-order valence-corrected chi connectivity index (χ1v) is 9.69. The van der Waals surface area contributed by atoms with Crippen molar-refractivity contribution >= 4 is 16.9 Å². The molecule has 9 heteroatoms. The normalized spacial score (nSPS) is 18.0. The Kier molecular flexibility index (Phi) is 5.16. The number of pyridine rings is 2. The van der Waals surface area contributed by atoms with Crippen LogP contribution in [0.3, 0.4) is 0 Å². The number of piperazine rings is 1. The van der Waals surface area contributed by atoms with E-state index in [1.54, 1.807) is 18.3 Å². The van der Waals surface area contributed by atoms with Crippen molar-refractivity contribution in [1.82, 2.24) is 25.5 Å². The fourth-order valence-electron chi connectivity index (χ4n) is 3.84. The Bertz CT molecular complexity index is 997. The summed E-state index contributed by atoms with van der Waals surface area (Å²) in [6, 6.07) is 6.22. The minimum Gasteiger partial charge on any atom is -0.354 e. The molecule has 0 aliphatic carbocycles. The Labute approximate surface area is 166 Å². The van der Waals surface area contributed by atoms with Gasteiger partial charge in [0.1, 0.15) is 11.5 Å². The van der Waals surface area contributed by atoms with Crippen LogP contribution in [0.2, 0.25) is 0 Å². The minimum absolute atomic E-state index is 0.149. The van der Waals surface area contributed by atoms with Crippen LogP contribution in [0.1, 0.15) is 25.8 Å². The summed E-state index contributed by atoms with van der Waals surface area (Å²) in [5.41, 5.74) is -0.341. The molecule has 0 bridgehead atoms. The van der Waals surface area contributed by atoms with Gasteiger partial charge in [0, 0.05) is 37.3 Å². The number of aromatic nitrogens is 4. The summed E-state index contributed by atoms with van der Waals surface area (Å²) in [7, 11) is 0. The average Bonchev–Trinajstić information content (AvgIpc) is 3.10. The number of hydrogen-bond acceptors (Lipinski definition) is 5. The molecule has 29 heavy (non-hydrogen) atoms. The Hall–Kier alpha value is -2.68. The fraction of sp³-hybridized carbons (Fsp3) is 0.450. The van der Waals surface area contributed by atoms with E-state index in [4.69, 9.17) is 0 Å². The number of H-pyrrole nitrogens is 1. The van der Waals surface area contributed by atoms with Crippen molar-refractivity contribution in [2.24, 2.45) is 5.92 Å². The standard InChI is InChI=1S/C20H23F3N6/c1-12(2)10-13-11-29(9-8-24-13)16-6-5-15(20(21,22)23)18(26-16)17-14-4-3-7-25-19(14)28-27-17/h3-7,12-13,24H,8-11H2,1-2H3,(H,25,27,28)/t13-/m1/s1. The Morgan fingerprint density at radius 3 is 2.83 bits per heavy atom. The maximum Gasteiger partial charge on any atom is 0.418 e. The smallest absolute Gasteiger partial charge is 0.354 e. The lowest BCUT2D eigenvalue weighted by atomic mass is 10.0. The van der Waals surface area contributed by atoms with E-state index < -0.39 is 11.7 Å². The van der Waals surface area contributed by atoms with Gasteiger partial charge in [-0.05, 0) is 36.6 Å². The molecule has 6 nitrogen and oxygen atoms in total. The Morgan fingerprint density at radius 1 is 1.24 bits per heavy atom. The summed E-state index contributed by atoms with van der Waals surface area (Å²) in [4.78, 5) is 10.6. The monoisotopic (exact) mass is 404 g/mol. The lowest BCUT2D eigenvalue weighted by Crippen LogP contribution is -2.51. The summed E-state index contributed by atoms with van der Waals surface area (Å²) >= 11 is 0. The molecule has 2 N–H and O–H groups in total. The van der Waals surface area contributed by atoms with Gasteiger partial charge < -0.3 is 10.2 Å². The van der Waals surface area contributed by atoms with E-state index in [0.717, 1.165) is 19.0 Å². The number of nitrogens with one attached hydrogen (secondary N) is 2. The molecule has 0 radical (unpaired) electrons.